The summed E-state index contributed by atoms with van der Waals surface area (Å²) in [5, 5.41) is 7.29. The van der Waals surface area contributed by atoms with Crippen molar-refractivity contribution in [1.29, 1.82) is 0 Å². The molecule has 0 bridgehead atoms. The molecular weight excluding hydrogens is 452 g/mol. The molecule has 0 aliphatic carbocycles. The number of rotatable bonds is 6. The van der Waals surface area contributed by atoms with Crippen molar-refractivity contribution in [1.82, 2.24) is 9.29 Å². The summed E-state index contributed by atoms with van der Waals surface area (Å²) in [7, 11) is -3.51. The van der Waals surface area contributed by atoms with Crippen LogP contribution in [0.2, 0.25) is 5.02 Å². The van der Waals surface area contributed by atoms with E-state index in [0.717, 1.165) is 24.0 Å². The quantitative estimate of drug-likeness (QED) is 0.387. The molecule has 162 valence electrons. The number of nitrogens with one attached hydrogen (secondary N) is 1. The molecule has 2 heterocycles. The maximum atomic E-state index is 13.1. The zero-order chi connectivity index (χ0) is 21.8. The Hall–Kier alpha value is -2.26. The first-order valence-corrected chi connectivity index (χ1v) is 12.7. The topological polar surface area (TPSA) is 74.7 Å². The lowest BCUT2D eigenvalue weighted by molar-refractivity contribution is 0.281. The summed E-state index contributed by atoms with van der Waals surface area (Å²) in [6.07, 6.45) is 3.60. The van der Waals surface area contributed by atoms with Crippen molar-refractivity contribution in [3.05, 3.63) is 64.5 Å². The fraction of sp³-hybridized carbons (Fsp3) is 0.273. The first-order valence-electron chi connectivity index (χ1n) is 10.0. The van der Waals surface area contributed by atoms with Gasteiger partial charge in [0.1, 0.15) is 0 Å². The molecule has 9 heteroatoms. The van der Waals surface area contributed by atoms with E-state index in [2.05, 4.69) is 22.4 Å². The number of hydrogen-bond acceptors (Lipinski definition) is 6. The van der Waals surface area contributed by atoms with Crippen LogP contribution in [0.15, 0.2) is 63.9 Å². The molecule has 2 aromatic carbocycles. The molecule has 1 aliphatic rings. The molecule has 0 radical (unpaired) electrons. The number of hydrogen-bond donors (Lipinski definition) is 1. The summed E-state index contributed by atoms with van der Waals surface area (Å²) in [6, 6.07) is 14.4. The second-order valence-corrected chi connectivity index (χ2v) is 10.8. The average molecular weight is 475 g/mol. The van der Waals surface area contributed by atoms with Gasteiger partial charge in [0.25, 0.3) is 0 Å². The minimum atomic E-state index is -3.51. The van der Waals surface area contributed by atoms with Gasteiger partial charge in [-0.25, -0.2) is 13.4 Å². The molecule has 1 unspecified atom stereocenters. The second-order valence-electron chi connectivity index (χ2n) is 7.57. The Labute approximate surface area is 191 Å². The van der Waals surface area contributed by atoms with Gasteiger partial charge in [0.15, 0.2) is 0 Å². The van der Waals surface area contributed by atoms with E-state index in [1.165, 1.54) is 11.3 Å². The normalized spacial score (nSPS) is 17.8. The Bertz CT molecular complexity index is 1190. The lowest BCUT2D eigenvalue weighted by Gasteiger charge is -2.30. The van der Waals surface area contributed by atoms with E-state index in [1.807, 2.05) is 29.6 Å². The number of halogens is 1. The van der Waals surface area contributed by atoms with Gasteiger partial charge in [-0.2, -0.15) is 9.41 Å². The van der Waals surface area contributed by atoms with Gasteiger partial charge in [-0.1, -0.05) is 48.9 Å². The fourth-order valence-electron chi connectivity index (χ4n) is 3.52. The number of piperidine rings is 1. The molecule has 4 rings (SSSR count). The van der Waals surface area contributed by atoms with Crippen LogP contribution in [0.25, 0.3) is 11.3 Å². The molecule has 6 nitrogen and oxygen atoms in total. The van der Waals surface area contributed by atoms with Crippen molar-refractivity contribution in [3.63, 3.8) is 0 Å². The van der Waals surface area contributed by atoms with E-state index < -0.39 is 10.0 Å². The zero-order valence-corrected chi connectivity index (χ0v) is 19.4. The molecule has 1 N–H and O–H groups in total. The number of benzene rings is 2. The molecule has 1 aromatic heterocycles. The van der Waals surface area contributed by atoms with Crippen molar-refractivity contribution in [2.24, 2.45) is 11.0 Å². The second kappa shape index (κ2) is 9.48. The number of thiazole rings is 1. The van der Waals surface area contributed by atoms with E-state index in [4.69, 9.17) is 11.6 Å². The third-order valence-electron chi connectivity index (χ3n) is 5.16. The summed E-state index contributed by atoms with van der Waals surface area (Å²) in [6.45, 7) is 3.24. The SMILES string of the molecule is CC1CCCN(S(=O)(=O)c2cccc(-c3csc(NN=Cc4ccccc4Cl)n3)c2)C1. The highest BCUT2D eigenvalue weighted by Crippen LogP contribution is 2.29. The van der Waals surface area contributed by atoms with Crippen LogP contribution in [0.3, 0.4) is 0 Å². The van der Waals surface area contributed by atoms with E-state index >= 15 is 0 Å². The van der Waals surface area contributed by atoms with Gasteiger partial charge in [-0.3, -0.25) is 5.43 Å². The van der Waals surface area contributed by atoms with Crippen LogP contribution in [-0.4, -0.2) is 37.0 Å². The van der Waals surface area contributed by atoms with Crippen LogP contribution < -0.4 is 5.43 Å². The third kappa shape index (κ3) is 5.15. The van der Waals surface area contributed by atoms with Gasteiger partial charge in [-0.05, 0) is 37.0 Å². The fourth-order valence-corrected chi connectivity index (χ4v) is 6.02. The van der Waals surface area contributed by atoms with Crippen LogP contribution in [-0.2, 0) is 10.0 Å². The molecule has 0 amide bonds. The van der Waals surface area contributed by atoms with E-state index in [1.54, 1.807) is 34.8 Å². The summed E-state index contributed by atoms with van der Waals surface area (Å²) < 4.78 is 27.8. The van der Waals surface area contributed by atoms with Gasteiger partial charge in [0.2, 0.25) is 15.2 Å². The molecule has 1 aliphatic heterocycles. The Kier molecular flexibility index (Phi) is 6.71. The molecule has 0 saturated carbocycles. The monoisotopic (exact) mass is 474 g/mol. The Balaban J connectivity index is 1.50. The van der Waals surface area contributed by atoms with Crippen molar-refractivity contribution in [3.8, 4) is 11.3 Å². The molecule has 0 spiro atoms. The first kappa shape index (κ1) is 22.0. The highest BCUT2D eigenvalue weighted by Gasteiger charge is 2.28. The number of anilines is 1. The van der Waals surface area contributed by atoms with E-state index in [-0.39, 0.29) is 0 Å². The molecule has 31 heavy (non-hydrogen) atoms. The highest BCUT2D eigenvalue weighted by atomic mass is 35.5. The van der Waals surface area contributed by atoms with Gasteiger partial charge in [-0.15, -0.1) is 11.3 Å². The van der Waals surface area contributed by atoms with Crippen LogP contribution in [0.5, 0.6) is 0 Å². The standard InChI is InChI=1S/C22H23ClN4O2S2/c1-16-6-5-11-27(14-16)31(28,29)19-9-4-8-17(12-19)21-15-30-22(25-21)26-24-13-18-7-2-3-10-20(18)23/h2-4,7-10,12-13,15-16H,5-6,11,14H2,1H3,(H,25,26). The average Bonchev–Trinajstić information content (AvgIpc) is 3.24. The predicted octanol–water partition coefficient (Wildman–Crippen LogP) is 5.33. The summed E-state index contributed by atoms with van der Waals surface area (Å²) >= 11 is 7.52. The number of hydrazone groups is 1. The summed E-state index contributed by atoms with van der Waals surface area (Å²) in [4.78, 5) is 4.84. The van der Waals surface area contributed by atoms with Crippen molar-refractivity contribution in [2.75, 3.05) is 18.5 Å². The van der Waals surface area contributed by atoms with Crippen molar-refractivity contribution >= 4 is 44.3 Å². The lowest BCUT2D eigenvalue weighted by atomic mass is 10.0. The molecule has 3 aromatic rings. The van der Waals surface area contributed by atoms with Gasteiger partial charge in [0.05, 0.1) is 16.8 Å². The lowest BCUT2D eigenvalue weighted by Crippen LogP contribution is -2.39. The van der Waals surface area contributed by atoms with Crippen LogP contribution in [0.4, 0.5) is 5.13 Å². The predicted molar refractivity (Wildman–Crippen MR) is 127 cm³/mol. The van der Waals surface area contributed by atoms with Gasteiger partial charge < -0.3 is 0 Å². The minimum absolute atomic E-state index is 0.304. The van der Waals surface area contributed by atoms with Crippen LogP contribution in [0.1, 0.15) is 25.3 Å². The van der Waals surface area contributed by atoms with Crippen molar-refractivity contribution < 1.29 is 8.42 Å². The highest BCUT2D eigenvalue weighted by molar-refractivity contribution is 7.89. The Morgan fingerprint density at radius 2 is 2.10 bits per heavy atom. The van der Waals surface area contributed by atoms with Crippen LogP contribution in [0, 0.1) is 5.92 Å². The zero-order valence-electron chi connectivity index (χ0n) is 17.0. The molecular formula is C22H23ClN4O2S2. The third-order valence-corrected chi connectivity index (χ3v) is 8.11. The molecule has 1 saturated heterocycles. The van der Waals surface area contributed by atoms with E-state index in [0.29, 0.717) is 39.8 Å². The maximum absolute atomic E-state index is 13.1. The van der Waals surface area contributed by atoms with Crippen molar-refractivity contribution in [2.45, 2.75) is 24.7 Å². The van der Waals surface area contributed by atoms with Gasteiger partial charge in [0, 0.05) is 34.6 Å². The minimum Gasteiger partial charge on any atom is -0.253 e. The number of sulfonamides is 1. The Morgan fingerprint density at radius 3 is 2.90 bits per heavy atom. The maximum Gasteiger partial charge on any atom is 0.243 e. The van der Waals surface area contributed by atoms with E-state index in [9.17, 15) is 8.42 Å². The summed E-state index contributed by atoms with van der Waals surface area (Å²) in [5.74, 6) is 0.380. The first-order chi connectivity index (χ1) is 14.9. The van der Waals surface area contributed by atoms with Gasteiger partial charge >= 0.3 is 0 Å². The molecule has 1 atom stereocenters. The molecule has 1 fully saturated rings. The number of aromatic nitrogens is 1. The number of nitrogens with zero attached hydrogens (tertiary/aromatic N) is 3. The Morgan fingerprint density at radius 1 is 1.26 bits per heavy atom. The largest absolute Gasteiger partial charge is 0.253 e. The smallest absolute Gasteiger partial charge is 0.243 e. The summed E-state index contributed by atoms with van der Waals surface area (Å²) in [5.41, 5.74) is 5.16. The van der Waals surface area contributed by atoms with Crippen LogP contribution >= 0.6 is 22.9 Å².